The van der Waals surface area contributed by atoms with E-state index < -0.39 is 0 Å². The van der Waals surface area contributed by atoms with Gasteiger partial charge in [-0.15, -0.1) is 0 Å². The van der Waals surface area contributed by atoms with Crippen LogP contribution in [0.3, 0.4) is 0 Å². The maximum absolute atomic E-state index is 9.12. The van der Waals surface area contributed by atoms with Gasteiger partial charge in [-0.05, 0) is 42.0 Å². The summed E-state index contributed by atoms with van der Waals surface area (Å²) in [5, 5.41) is 12.8. The first-order chi connectivity index (χ1) is 9.79. The Kier molecular flexibility index (Phi) is 3.86. The Labute approximate surface area is 120 Å². The number of rotatable bonds is 4. The highest BCUT2D eigenvalue weighted by molar-refractivity contribution is 5.48. The Bertz CT molecular complexity index is 548. The lowest BCUT2D eigenvalue weighted by molar-refractivity contribution is 0.265. The van der Waals surface area contributed by atoms with Crippen molar-refractivity contribution >= 4 is 0 Å². The van der Waals surface area contributed by atoms with Crippen LogP contribution in [0.25, 0.3) is 0 Å². The molecule has 2 heteroatoms. The third-order valence-electron chi connectivity index (χ3n) is 4.13. The fourth-order valence-corrected chi connectivity index (χ4v) is 3.07. The minimum Gasteiger partial charge on any atom is -0.396 e. The standard InChI is InChI=1S/C18H21NO/c1-13(10-11-20)19-18-16-8-4-2-6-14(16)12-15-7-3-5-9-17(15)18/h2-9,13,18-20H,10-12H2,1H3. The molecule has 2 N–H and O–H groups in total. The van der Waals surface area contributed by atoms with Gasteiger partial charge in [0.1, 0.15) is 0 Å². The van der Waals surface area contributed by atoms with Gasteiger partial charge in [-0.1, -0.05) is 48.5 Å². The molecule has 0 spiro atoms. The van der Waals surface area contributed by atoms with Crippen LogP contribution in [0.15, 0.2) is 48.5 Å². The smallest absolute Gasteiger partial charge is 0.0584 e. The minimum atomic E-state index is 0.226. The first-order valence-electron chi connectivity index (χ1n) is 7.32. The quantitative estimate of drug-likeness (QED) is 0.892. The number of nitrogens with one attached hydrogen (secondary N) is 1. The van der Waals surface area contributed by atoms with Gasteiger partial charge in [0.2, 0.25) is 0 Å². The third-order valence-corrected chi connectivity index (χ3v) is 4.13. The fourth-order valence-electron chi connectivity index (χ4n) is 3.07. The minimum absolute atomic E-state index is 0.226. The molecule has 2 aromatic carbocycles. The van der Waals surface area contributed by atoms with E-state index in [1.54, 1.807) is 0 Å². The van der Waals surface area contributed by atoms with Gasteiger partial charge in [0, 0.05) is 12.6 Å². The van der Waals surface area contributed by atoms with Gasteiger partial charge in [0.25, 0.3) is 0 Å². The molecule has 0 radical (unpaired) electrons. The third kappa shape index (κ3) is 2.49. The van der Waals surface area contributed by atoms with Gasteiger partial charge in [-0.25, -0.2) is 0 Å². The van der Waals surface area contributed by atoms with E-state index in [0.717, 1.165) is 12.8 Å². The second kappa shape index (κ2) is 5.78. The molecule has 1 unspecified atom stereocenters. The van der Waals surface area contributed by atoms with Crippen LogP contribution in [0.1, 0.15) is 41.6 Å². The molecule has 1 aliphatic rings. The highest BCUT2D eigenvalue weighted by atomic mass is 16.3. The summed E-state index contributed by atoms with van der Waals surface area (Å²) in [6.07, 6.45) is 1.79. The molecule has 0 saturated carbocycles. The Hall–Kier alpha value is -1.64. The first kappa shape index (κ1) is 13.3. The number of aliphatic hydroxyl groups excluding tert-OH is 1. The second-order valence-corrected chi connectivity index (χ2v) is 5.59. The summed E-state index contributed by atoms with van der Waals surface area (Å²) >= 11 is 0. The first-order valence-corrected chi connectivity index (χ1v) is 7.32. The van der Waals surface area contributed by atoms with E-state index in [9.17, 15) is 0 Å². The Morgan fingerprint density at radius 1 is 1.05 bits per heavy atom. The van der Waals surface area contributed by atoms with Crippen LogP contribution in [-0.2, 0) is 6.42 Å². The Balaban J connectivity index is 1.99. The SMILES string of the molecule is CC(CCO)NC1c2ccccc2Cc2ccccc21. The van der Waals surface area contributed by atoms with E-state index in [-0.39, 0.29) is 12.6 Å². The van der Waals surface area contributed by atoms with Gasteiger partial charge in [0.05, 0.1) is 6.04 Å². The largest absolute Gasteiger partial charge is 0.396 e. The summed E-state index contributed by atoms with van der Waals surface area (Å²) in [6, 6.07) is 17.8. The molecule has 0 aliphatic heterocycles. The van der Waals surface area contributed by atoms with Crippen molar-refractivity contribution in [1.29, 1.82) is 0 Å². The number of fused-ring (bicyclic) bond motifs is 2. The zero-order valence-electron chi connectivity index (χ0n) is 11.8. The van der Waals surface area contributed by atoms with Crippen LogP contribution in [0, 0.1) is 0 Å². The lowest BCUT2D eigenvalue weighted by atomic mass is 9.82. The molecule has 0 bridgehead atoms. The van der Waals surface area contributed by atoms with Crippen molar-refractivity contribution in [2.45, 2.75) is 31.8 Å². The van der Waals surface area contributed by atoms with E-state index >= 15 is 0 Å². The molecule has 2 nitrogen and oxygen atoms in total. The van der Waals surface area contributed by atoms with Crippen molar-refractivity contribution < 1.29 is 5.11 Å². The van der Waals surface area contributed by atoms with Crippen molar-refractivity contribution in [2.24, 2.45) is 0 Å². The Morgan fingerprint density at radius 2 is 1.60 bits per heavy atom. The number of hydrogen-bond acceptors (Lipinski definition) is 2. The van der Waals surface area contributed by atoms with Crippen LogP contribution >= 0.6 is 0 Å². The van der Waals surface area contributed by atoms with Crippen molar-refractivity contribution in [3.05, 3.63) is 70.8 Å². The molecule has 1 aliphatic carbocycles. The molecular formula is C18H21NO. The summed E-state index contributed by atoms with van der Waals surface area (Å²) in [6.45, 7) is 2.36. The lowest BCUT2D eigenvalue weighted by Crippen LogP contribution is -2.34. The zero-order chi connectivity index (χ0) is 13.9. The second-order valence-electron chi connectivity index (χ2n) is 5.59. The molecule has 20 heavy (non-hydrogen) atoms. The molecule has 0 saturated heterocycles. The summed E-state index contributed by atoms with van der Waals surface area (Å²) in [5.41, 5.74) is 5.55. The van der Waals surface area contributed by atoms with E-state index in [4.69, 9.17) is 5.11 Å². The molecule has 0 heterocycles. The predicted molar refractivity (Wildman–Crippen MR) is 81.8 cm³/mol. The molecule has 0 amide bonds. The van der Waals surface area contributed by atoms with Gasteiger partial charge in [-0.3, -0.25) is 0 Å². The molecule has 0 aromatic heterocycles. The molecule has 0 fully saturated rings. The summed E-state index contributed by atoms with van der Waals surface area (Å²) in [7, 11) is 0. The van der Waals surface area contributed by atoms with Crippen LogP contribution in [0.2, 0.25) is 0 Å². The average molecular weight is 267 g/mol. The van der Waals surface area contributed by atoms with Crippen molar-refractivity contribution in [1.82, 2.24) is 5.32 Å². The lowest BCUT2D eigenvalue weighted by Gasteiger charge is -2.31. The maximum Gasteiger partial charge on any atom is 0.0584 e. The highest BCUT2D eigenvalue weighted by Crippen LogP contribution is 2.35. The van der Waals surface area contributed by atoms with Crippen LogP contribution in [0.5, 0.6) is 0 Å². The monoisotopic (exact) mass is 267 g/mol. The topological polar surface area (TPSA) is 32.3 Å². The molecule has 3 rings (SSSR count). The van der Waals surface area contributed by atoms with E-state index in [1.807, 2.05) is 0 Å². The van der Waals surface area contributed by atoms with E-state index in [1.165, 1.54) is 22.3 Å². The van der Waals surface area contributed by atoms with Crippen molar-refractivity contribution in [3.63, 3.8) is 0 Å². The van der Waals surface area contributed by atoms with Gasteiger partial charge in [0.15, 0.2) is 0 Å². The molecule has 1 atom stereocenters. The van der Waals surface area contributed by atoms with E-state index in [2.05, 4.69) is 60.8 Å². The van der Waals surface area contributed by atoms with Crippen molar-refractivity contribution in [2.75, 3.05) is 6.61 Å². The average Bonchev–Trinajstić information content (AvgIpc) is 2.47. The number of benzene rings is 2. The molecular weight excluding hydrogens is 246 g/mol. The highest BCUT2D eigenvalue weighted by Gasteiger charge is 2.25. The fraction of sp³-hybridized carbons (Fsp3) is 0.333. The van der Waals surface area contributed by atoms with Crippen LogP contribution < -0.4 is 5.32 Å². The predicted octanol–water partition coefficient (Wildman–Crippen LogP) is 3.04. The van der Waals surface area contributed by atoms with Crippen molar-refractivity contribution in [3.8, 4) is 0 Å². The van der Waals surface area contributed by atoms with Crippen LogP contribution in [-0.4, -0.2) is 17.8 Å². The van der Waals surface area contributed by atoms with E-state index in [0.29, 0.717) is 6.04 Å². The van der Waals surface area contributed by atoms with Gasteiger partial charge >= 0.3 is 0 Å². The Morgan fingerprint density at radius 3 is 2.15 bits per heavy atom. The van der Waals surface area contributed by atoms with Gasteiger partial charge < -0.3 is 10.4 Å². The summed E-state index contributed by atoms with van der Waals surface area (Å²) < 4.78 is 0. The maximum atomic E-state index is 9.12. The number of aliphatic hydroxyl groups is 1. The molecule has 104 valence electrons. The van der Waals surface area contributed by atoms with Crippen LogP contribution in [0.4, 0.5) is 0 Å². The summed E-state index contributed by atoms with van der Waals surface area (Å²) in [4.78, 5) is 0. The zero-order valence-corrected chi connectivity index (χ0v) is 11.8. The normalized spacial score (nSPS) is 15.5. The summed E-state index contributed by atoms with van der Waals surface area (Å²) in [5.74, 6) is 0. The number of hydrogen-bond donors (Lipinski definition) is 2. The molecule has 2 aromatic rings. The van der Waals surface area contributed by atoms with Gasteiger partial charge in [-0.2, -0.15) is 0 Å².